The van der Waals surface area contributed by atoms with Crippen LogP contribution in [-0.4, -0.2) is 40.2 Å². The van der Waals surface area contributed by atoms with Crippen molar-refractivity contribution in [2.45, 2.75) is 45.1 Å². The maximum Gasteiger partial charge on any atom is 0.269 e. The average molecular weight is 372 g/mol. The molecule has 6 heteroatoms. The first-order valence-electron chi connectivity index (χ1n) is 9.77. The van der Waals surface area contributed by atoms with Crippen LogP contribution in [0.1, 0.15) is 66.8 Å². The zero-order valence-corrected chi connectivity index (χ0v) is 16.4. The van der Waals surface area contributed by atoms with Gasteiger partial charge in [0.25, 0.3) is 5.91 Å². The molecule has 1 unspecified atom stereocenters. The highest BCUT2D eigenvalue weighted by Crippen LogP contribution is 2.24. The van der Waals surface area contributed by atoms with Gasteiger partial charge in [-0.05, 0) is 55.6 Å². The number of carbonyl (C=O) groups is 1. The molecule has 146 valence electrons. The number of likely N-dealkylation sites (tertiary alicyclic amines) is 1. The van der Waals surface area contributed by atoms with E-state index in [2.05, 4.69) is 29.2 Å². The van der Waals surface area contributed by atoms with Crippen LogP contribution in [-0.2, 0) is 7.05 Å². The molecule has 1 atom stereocenters. The highest BCUT2D eigenvalue weighted by molar-refractivity contribution is 5.92. The quantitative estimate of drug-likeness (QED) is 0.842. The normalized spacial score (nSPS) is 16.5. The molecule has 1 N–H and O–H groups in total. The van der Waals surface area contributed by atoms with Gasteiger partial charge in [-0.25, -0.2) is 4.39 Å². The molecule has 0 radical (unpaired) electrons. The average Bonchev–Trinajstić information content (AvgIpc) is 3.06. The van der Waals surface area contributed by atoms with Crippen LogP contribution in [0, 0.1) is 5.82 Å². The highest BCUT2D eigenvalue weighted by atomic mass is 19.1. The zero-order valence-electron chi connectivity index (χ0n) is 16.4. The third-order valence-corrected chi connectivity index (χ3v) is 5.27. The highest BCUT2D eigenvalue weighted by Gasteiger charge is 2.24. The van der Waals surface area contributed by atoms with Gasteiger partial charge in [0, 0.05) is 13.6 Å². The fourth-order valence-electron chi connectivity index (χ4n) is 3.64. The van der Waals surface area contributed by atoms with Crippen molar-refractivity contribution in [3.05, 3.63) is 53.1 Å². The Morgan fingerprint density at radius 2 is 1.85 bits per heavy atom. The van der Waals surface area contributed by atoms with Crippen molar-refractivity contribution in [1.82, 2.24) is 20.0 Å². The van der Waals surface area contributed by atoms with Gasteiger partial charge in [-0.15, -0.1) is 0 Å². The SMILES string of the molecule is CC(C)c1cc(C(=O)NCC(c2ccc(F)cc2)N2CCCCC2)n(C)n1. The van der Waals surface area contributed by atoms with E-state index in [0.29, 0.717) is 12.2 Å². The summed E-state index contributed by atoms with van der Waals surface area (Å²) in [5, 5.41) is 7.49. The van der Waals surface area contributed by atoms with Crippen LogP contribution >= 0.6 is 0 Å². The van der Waals surface area contributed by atoms with Gasteiger partial charge in [0.15, 0.2) is 0 Å². The number of aromatic nitrogens is 2. The standard InChI is InChI=1S/C21H29FN4O/c1-15(2)18-13-19(25(3)24-18)21(27)23-14-20(26-11-5-4-6-12-26)16-7-9-17(22)10-8-16/h7-10,13,15,20H,4-6,11-12,14H2,1-3H3,(H,23,27). The number of aryl methyl sites for hydroxylation is 1. The Morgan fingerprint density at radius 1 is 1.19 bits per heavy atom. The largest absolute Gasteiger partial charge is 0.349 e. The smallest absolute Gasteiger partial charge is 0.269 e. The monoisotopic (exact) mass is 372 g/mol. The lowest BCUT2D eigenvalue weighted by atomic mass is 10.0. The number of hydrogen-bond donors (Lipinski definition) is 1. The second kappa shape index (κ2) is 8.65. The molecule has 1 saturated heterocycles. The number of nitrogens with one attached hydrogen (secondary N) is 1. The molecule has 1 amide bonds. The third kappa shape index (κ3) is 4.75. The Morgan fingerprint density at radius 3 is 2.44 bits per heavy atom. The molecule has 0 saturated carbocycles. The Kier molecular flexibility index (Phi) is 6.26. The van der Waals surface area contributed by atoms with Gasteiger partial charge < -0.3 is 5.32 Å². The predicted molar refractivity (Wildman–Crippen MR) is 104 cm³/mol. The van der Waals surface area contributed by atoms with Crippen LogP contribution in [0.4, 0.5) is 4.39 Å². The molecule has 5 nitrogen and oxygen atoms in total. The van der Waals surface area contributed by atoms with E-state index in [1.54, 1.807) is 11.7 Å². The molecule has 2 aromatic rings. The summed E-state index contributed by atoms with van der Waals surface area (Å²) < 4.78 is 15.0. The van der Waals surface area contributed by atoms with E-state index in [1.807, 2.05) is 18.2 Å². The summed E-state index contributed by atoms with van der Waals surface area (Å²) in [6.45, 7) is 6.62. The summed E-state index contributed by atoms with van der Waals surface area (Å²) in [6.07, 6.45) is 3.56. The van der Waals surface area contributed by atoms with Crippen LogP contribution in [0.5, 0.6) is 0 Å². The van der Waals surface area contributed by atoms with Gasteiger partial charge in [0.1, 0.15) is 11.5 Å². The van der Waals surface area contributed by atoms with Crippen molar-refractivity contribution in [2.75, 3.05) is 19.6 Å². The van der Waals surface area contributed by atoms with E-state index in [9.17, 15) is 9.18 Å². The summed E-state index contributed by atoms with van der Waals surface area (Å²) in [4.78, 5) is 15.1. The summed E-state index contributed by atoms with van der Waals surface area (Å²) in [5.74, 6) is -0.0876. The second-order valence-corrected chi connectivity index (χ2v) is 7.61. The van der Waals surface area contributed by atoms with Crippen LogP contribution in [0.25, 0.3) is 0 Å². The first-order chi connectivity index (χ1) is 13.0. The molecular formula is C21H29FN4O. The molecule has 0 spiro atoms. The summed E-state index contributed by atoms with van der Waals surface area (Å²) >= 11 is 0. The Hall–Kier alpha value is -2.21. The molecule has 0 bridgehead atoms. The molecule has 3 rings (SSSR count). The lowest BCUT2D eigenvalue weighted by Crippen LogP contribution is -2.41. The number of amides is 1. The first-order valence-corrected chi connectivity index (χ1v) is 9.77. The van der Waals surface area contributed by atoms with E-state index in [-0.39, 0.29) is 23.7 Å². The number of hydrogen-bond acceptors (Lipinski definition) is 3. The van der Waals surface area contributed by atoms with E-state index < -0.39 is 0 Å². The van der Waals surface area contributed by atoms with Gasteiger partial charge in [-0.3, -0.25) is 14.4 Å². The lowest BCUT2D eigenvalue weighted by molar-refractivity contribution is 0.0915. The maximum absolute atomic E-state index is 13.3. The van der Waals surface area contributed by atoms with Gasteiger partial charge in [-0.1, -0.05) is 32.4 Å². The van der Waals surface area contributed by atoms with Crippen LogP contribution in [0.2, 0.25) is 0 Å². The molecule has 27 heavy (non-hydrogen) atoms. The lowest BCUT2D eigenvalue weighted by Gasteiger charge is -2.35. The number of piperidine rings is 1. The van der Waals surface area contributed by atoms with Crippen molar-refractivity contribution >= 4 is 5.91 Å². The summed E-state index contributed by atoms with van der Waals surface area (Å²) in [6, 6.07) is 8.53. The van der Waals surface area contributed by atoms with Crippen LogP contribution in [0.15, 0.2) is 30.3 Å². The predicted octanol–water partition coefficient (Wildman–Crippen LogP) is 3.64. The van der Waals surface area contributed by atoms with Crippen molar-refractivity contribution in [1.29, 1.82) is 0 Å². The zero-order chi connectivity index (χ0) is 19.4. The van der Waals surface area contributed by atoms with Crippen molar-refractivity contribution < 1.29 is 9.18 Å². The van der Waals surface area contributed by atoms with Crippen molar-refractivity contribution in [3.63, 3.8) is 0 Å². The fraction of sp³-hybridized carbons (Fsp3) is 0.524. The minimum atomic E-state index is -0.240. The van der Waals surface area contributed by atoms with Crippen LogP contribution in [0.3, 0.4) is 0 Å². The van der Waals surface area contributed by atoms with Gasteiger partial charge >= 0.3 is 0 Å². The molecule has 1 aliphatic rings. The van der Waals surface area contributed by atoms with E-state index in [4.69, 9.17) is 0 Å². The minimum Gasteiger partial charge on any atom is -0.349 e. The van der Waals surface area contributed by atoms with E-state index in [0.717, 1.165) is 37.2 Å². The Bertz CT molecular complexity index is 763. The number of benzene rings is 1. The van der Waals surface area contributed by atoms with E-state index >= 15 is 0 Å². The topological polar surface area (TPSA) is 50.2 Å². The molecule has 1 fully saturated rings. The maximum atomic E-state index is 13.3. The Balaban J connectivity index is 1.74. The van der Waals surface area contributed by atoms with Crippen molar-refractivity contribution in [2.24, 2.45) is 7.05 Å². The second-order valence-electron chi connectivity index (χ2n) is 7.61. The van der Waals surface area contributed by atoms with Crippen LogP contribution < -0.4 is 5.32 Å². The molecule has 2 heterocycles. The molecular weight excluding hydrogens is 343 g/mol. The molecule has 1 aromatic carbocycles. The number of rotatable bonds is 6. The van der Waals surface area contributed by atoms with Gasteiger partial charge in [0.05, 0.1) is 11.7 Å². The fourth-order valence-corrected chi connectivity index (χ4v) is 3.64. The molecule has 1 aliphatic heterocycles. The number of halogens is 1. The third-order valence-electron chi connectivity index (χ3n) is 5.27. The summed E-state index contributed by atoms with van der Waals surface area (Å²) in [5.41, 5.74) is 2.51. The number of nitrogens with zero attached hydrogens (tertiary/aromatic N) is 3. The van der Waals surface area contributed by atoms with Gasteiger partial charge in [-0.2, -0.15) is 5.10 Å². The van der Waals surface area contributed by atoms with Crippen molar-refractivity contribution in [3.8, 4) is 0 Å². The minimum absolute atomic E-state index is 0.0487. The van der Waals surface area contributed by atoms with Gasteiger partial charge in [0.2, 0.25) is 0 Å². The molecule has 1 aromatic heterocycles. The summed E-state index contributed by atoms with van der Waals surface area (Å²) in [7, 11) is 1.79. The Labute approximate surface area is 160 Å². The van der Waals surface area contributed by atoms with E-state index in [1.165, 1.54) is 18.6 Å². The first kappa shape index (κ1) is 19.5. The molecule has 0 aliphatic carbocycles. The number of carbonyl (C=O) groups excluding carboxylic acids is 1.